The maximum absolute atomic E-state index is 12.7. The number of fused-ring (bicyclic) bond motifs is 2. The number of aryl methyl sites for hydroxylation is 3. The van der Waals surface area contributed by atoms with Crippen molar-refractivity contribution >= 4 is 39.4 Å². The summed E-state index contributed by atoms with van der Waals surface area (Å²) in [5.41, 5.74) is 9.16. The maximum Gasteiger partial charge on any atom is 0.268 e. The summed E-state index contributed by atoms with van der Waals surface area (Å²) in [5.74, 6) is 0.195. The van der Waals surface area contributed by atoms with Gasteiger partial charge >= 0.3 is 0 Å². The molecule has 0 aliphatic rings. The lowest BCUT2D eigenvalue weighted by Gasteiger charge is -2.22. The van der Waals surface area contributed by atoms with Crippen LogP contribution in [0.3, 0.4) is 0 Å². The molecule has 0 spiro atoms. The van der Waals surface area contributed by atoms with Crippen molar-refractivity contribution < 1.29 is 14.7 Å². The average Bonchev–Trinajstić information content (AvgIpc) is 3.61. The SMILES string of the molecule is C[C@H](O)[C@@H](CCn1ccc2ccc(NC(=O)CCc3nc4ccccc4n3C)cc21)n1cnc(C(N)=O)c1. The quantitative estimate of drug-likeness (QED) is 0.263. The summed E-state index contributed by atoms with van der Waals surface area (Å²) in [6.45, 7) is 2.33. The van der Waals surface area contributed by atoms with Gasteiger partial charge in [0.25, 0.3) is 5.91 Å². The van der Waals surface area contributed by atoms with Gasteiger partial charge in [-0.25, -0.2) is 9.97 Å². The van der Waals surface area contributed by atoms with Crippen LogP contribution < -0.4 is 11.1 Å². The zero-order valence-corrected chi connectivity index (χ0v) is 21.4. The van der Waals surface area contributed by atoms with Crippen molar-refractivity contribution in [2.24, 2.45) is 12.8 Å². The molecule has 196 valence electrons. The molecule has 0 radical (unpaired) electrons. The average molecular weight is 514 g/mol. The van der Waals surface area contributed by atoms with Crippen LogP contribution in [0.25, 0.3) is 21.9 Å². The Labute approximate surface area is 219 Å². The number of imidazole rings is 2. The molecular formula is C28H31N7O3. The highest BCUT2D eigenvalue weighted by molar-refractivity contribution is 5.94. The maximum atomic E-state index is 12.7. The predicted octanol–water partition coefficient (Wildman–Crippen LogP) is 3.41. The van der Waals surface area contributed by atoms with Crippen molar-refractivity contribution in [3.63, 3.8) is 0 Å². The number of nitrogens with one attached hydrogen (secondary N) is 1. The van der Waals surface area contributed by atoms with Gasteiger partial charge in [0.15, 0.2) is 0 Å². The van der Waals surface area contributed by atoms with E-state index in [0.29, 0.717) is 25.8 Å². The van der Waals surface area contributed by atoms with Crippen LogP contribution in [0, 0.1) is 0 Å². The number of anilines is 1. The summed E-state index contributed by atoms with van der Waals surface area (Å²) < 4.78 is 5.85. The first-order valence-corrected chi connectivity index (χ1v) is 12.6. The number of nitrogens with two attached hydrogens (primary N) is 1. The smallest absolute Gasteiger partial charge is 0.268 e. The van der Waals surface area contributed by atoms with Crippen LogP contribution in [0.5, 0.6) is 0 Å². The summed E-state index contributed by atoms with van der Waals surface area (Å²) in [5, 5.41) is 14.4. The highest BCUT2D eigenvalue weighted by atomic mass is 16.3. The Morgan fingerprint density at radius 1 is 1.13 bits per heavy atom. The molecule has 38 heavy (non-hydrogen) atoms. The van der Waals surface area contributed by atoms with Gasteiger partial charge in [0, 0.05) is 44.5 Å². The molecule has 0 aliphatic carbocycles. The molecule has 0 saturated carbocycles. The number of hydrogen-bond acceptors (Lipinski definition) is 5. The number of carbonyl (C=O) groups excluding carboxylic acids is 2. The van der Waals surface area contributed by atoms with E-state index in [0.717, 1.165) is 33.4 Å². The molecule has 0 aliphatic heterocycles. The molecule has 3 aromatic heterocycles. The minimum Gasteiger partial charge on any atom is -0.391 e. The van der Waals surface area contributed by atoms with Crippen molar-refractivity contribution in [3.05, 3.63) is 78.8 Å². The van der Waals surface area contributed by atoms with E-state index in [1.165, 1.54) is 6.33 Å². The molecule has 0 bridgehead atoms. The van der Waals surface area contributed by atoms with Crippen LogP contribution in [0.2, 0.25) is 0 Å². The second-order valence-electron chi connectivity index (χ2n) is 9.57. The molecule has 5 rings (SSSR count). The molecule has 2 atom stereocenters. The molecular weight excluding hydrogens is 482 g/mol. The normalized spacial score (nSPS) is 13.1. The molecule has 5 aromatic rings. The minimum absolute atomic E-state index is 0.0750. The number of aromatic nitrogens is 5. The molecule has 2 amide bonds. The number of para-hydroxylation sites is 2. The predicted molar refractivity (Wildman–Crippen MR) is 146 cm³/mol. The Hall–Kier alpha value is -4.44. The number of nitrogens with zero attached hydrogens (tertiary/aromatic N) is 5. The number of hydrogen-bond donors (Lipinski definition) is 3. The Morgan fingerprint density at radius 3 is 2.68 bits per heavy atom. The van der Waals surface area contributed by atoms with Crippen molar-refractivity contribution in [2.45, 2.75) is 44.9 Å². The lowest BCUT2D eigenvalue weighted by molar-refractivity contribution is -0.116. The monoisotopic (exact) mass is 513 g/mol. The van der Waals surface area contributed by atoms with Gasteiger partial charge in [-0.2, -0.15) is 0 Å². The Kier molecular flexibility index (Phi) is 6.97. The summed E-state index contributed by atoms with van der Waals surface area (Å²) >= 11 is 0. The van der Waals surface area contributed by atoms with Gasteiger partial charge in [0.2, 0.25) is 5.91 Å². The zero-order chi connectivity index (χ0) is 26.8. The van der Waals surface area contributed by atoms with E-state index in [9.17, 15) is 14.7 Å². The van der Waals surface area contributed by atoms with Gasteiger partial charge in [0.1, 0.15) is 11.5 Å². The Balaban J connectivity index is 1.25. The van der Waals surface area contributed by atoms with Crippen LogP contribution in [0.4, 0.5) is 5.69 Å². The molecule has 4 N–H and O–H groups in total. The second-order valence-corrected chi connectivity index (χ2v) is 9.57. The first-order chi connectivity index (χ1) is 18.3. The zero-order valence-electron chi connectivity index (χ0n) is 21.4. The van der Waals surface area contributed by atoms with Crippen molar-refractivity contribution in [1.82, 2.24) is 23.7 Å². The van der Waals surface area contributed by atoms with Gasteiger partial charge in [-0.15, -0.1) is 0 Å². The van der Waals surface area contributed by atoms with Crippen LogP contribution in [0.15, 0.2) is 67.3 Å². The number of amides is 2. The minimum atomic E-state index is -0.655. The molecule has 10 nitrogen and oxygen atoms in total. The molecule has 3 heterocycles. The summed E-state index contributed by atoms with van der Waals surface area (Å²) in [7, 11) is 1.97. The topological polar surface area (TPSA) is 133 Å². The van der Waals surface area contributed by atoms with E-state index in [-0.39, 0.29) is 17.6 Å². The Bertz CT molecular complexity index is 1610. The third-order valence-corrected chi connectivity index (χ3v) is 6.97. The molecule has 0 saturated heterocycles. The largest absolute Gasteiger partial charge is 0.391 e. The number of rotatable bonds is 10. The lowest BCUT2D eigenvalue weighted by Crippen LogP contribution is -2.22. The van der Waals surface area contributed by atoms with Crippen LogP contribution in [0.1, 0.15) is 42.1 Å². The number of benzene rings is 2. The number of carbonyl (C=O) groups is 2. The van der Waals surface area contributed by atoms with E-state index in [4.69, 9.17) is 5.73 Å². The standard InChI is InChI=1S/C28H31N7O3/c1-18(36)23(35-16-22(28(29)38)30-17-35)12-14-34-13-11-19-7-8-20(15-25(19)34)31-27(37)10-9-26-32-21-5-3-4-6-24(21)33(26)2/h3-8,11,13,15-18,23,36H,9-10,12,14H2,1-2H3,(H2,29,38)(H,31,37)/t18-,23+/m0/s1. The third kappa shape index (κ3) is 5.16. The third-order valence-electron chi connectivity index (χ3n) is 6.97. The van der Waals surface area contributed by atoms with Gasteiger partial charge in [-0.05, 0) is 49.1 Å². The van der Waals surface area contributed by atoms with Crippen LogP contribution in [-0.4, -0.2) is 46.7 Å². The highest BCUT2D eigenvalue weighted by Gasteiger charge is 2.19. The summed E-state index contributed by atoms with van der Waals surface area (Å²) in [6, 6.07) is 15.5. The summed E-state index contributed by atoms with van der Waals surface area (Å²) in [6.07, 6.45) is 5.89. The fourth-order valence-corrected chi connectivity index (χ4v) is 4.88. The fourth-order valence-electron chi connectivity index (χ4n) is 4.88. The van der Waals surface area contributed by atoms with Gasteiger partial charge in [-0.3, -0.25) is 9.59 Å². The second kappa shape index (κ2) is 10.5. The van der Waals surface area contributed by atoms with E-state index in [2.05, 4.69) is 19.9 Å². The van der Waals surface area contributed by atoms with Crippen LogP contribution >= 0.6 is 0 Å². The van der Waals surface area contributed by atoms with E-state index in [1.807, 2.05) is 66.3 Å². The highest BCUT2D eigenvalue weighted by Crippen LogP contribution is 2.24. The van der Waals surface area contributed by atoms with E-state index >= 15 is 0 Å². The van der Waals surface area contributed by atoms with E-state index < -0.39 is 12.0 Å². The van der Waals surface area contributed by atoms with Gasteiger partial charge in [-0.1, -0.05) is 18.2 Å². The van der Waals surface area contributed by atoms with Gasteiger partial charge in [0.05, 0.1) is 35.0 Å². The van der Waals surface area contributed by atoms with Crippen molar-refractivity contribution in [3.8, 4) is 0 Å². The Morgan fingerprint density at radius 2 is 1.95 bits per heavy atom. The number of aliphatic hydroxyl groups is 1. The van der Waals surface area contributed by atoms with Gasteiger partial charge < -0.3 is 29.9 Å². The van der Waals surface area contributed by atoms with Crippen LogP contribution in [-0.2, 0) is 24.8 Å². The van der Waals surface area contributed by atoms with E-state index in [1.54, 1.807) is 17.7 Å². The fraction of sp³-hybridized carbons (Fsp3) is 0.286. The molecule has 10 heteroatoms. The van der Waals surface area contributed by atoms with Crippen molar-refractivity contribution in [1.29, 1.82) is 0 Å². The first kappa shape index (κ1) is 25.2. The molecule has 0 unspecified atom stereocenters. The summed E-state index contributed by atoms with van der Waals surface area (Å²) in [4.78, 5) is 32.8. The van der Waals surface area contributed by atoms with Crippen molar-refractivity contribution in [2.75, 3.05) is 5.32 Å². The molecule has 2 aromatic carbocycles. The number of aliphatic hydroxyl groups excluding tert-OH is 1. The molecule has 0 fully saturated rings. The first-order valence-electron chi connectivity index (χ1n) is 12.6. The lowest BCUT2D eigenvalue weighted by atomic mass is 10.1. The number of primary amides is 1.